The van der Waals surface area contributed by atoms with E-state index in [2.05, 4.69) is 24.5 Å². The number of likely N-dealkylation sites (N-methyl/N-ethyl adjacent to an activating group) is 1. The molecule has 0 spiro atoms. The van der Waals surface area contributed by atoms with Crippen molar-refractivity contribution in [3.8, 4) is 0 Å². The Hall–Kier alpha value is -0.610. The molecule has 1 aliphatic rings. The monoisotopic (exact) mass is 214 g/mol. The minimum Gasteiger partial charge on any atom is -0.378 e. The molecule has 1 rings (SSSR count). The van der Waals surface area contributed by atoms with E-state index in [4.69, 9.17) is 4.74 Å². The van der Waals surface area contributed by atoms with Crippen molar-refractivity contribution in [2.75, 3.05) is 20.2 Å². The molecule has 4 nitrogen and oxygen atoms in total. The van der Waals surface area contributed by atoms with Crippen molar-refractivity contribution in [1.82, 2.24) is 10.6 Å². The van der Waals surface area contributed by atoms with Crippen LogP contribution in [0.25, 0.3) is 0 Å². The van der Waals surface area contributed by atoms with Crippen LogP contribution < -0.4 is 10.6 Å². The van der Waals surface area contributed by atoms with E-state index < -0.39 is 0 Å². The topological polar surface area (TPSA) is 50.4 Å². The third-order valence-electron chi connectivity index (χ3n) is 3.22. The van der Waals surface area contributed by atoms with Crippen LogP contribution in [-0.2, 0) is 9.53 Å². The van der Waals surface area contributed by atoms with Gasteiger partial charge in [-0.3, -0.25) is 4.79 Å². The number of ether oxygens (including phenoxy) is 1. The first-order valence-corrected chi connectivity index (χ1v) is 5.58. The molecule has 0 aromatic carbocycles. The van der Waals surface area contributed by atoms with Crippen LogP contribution in [0.4, 0.5) is 0 Å². The Morgan fingerprint density at radius 1 is 1.53 bits per heavy atom. The Labute approximate surface area is 91.8 Å². The first-order chi connectivity index (χ1) is 7.02. The van der Waals surface area contributed by atoms with E-state index >= 15 is 0 Å². The van der Waals surface area contributed by atoms with Gasteiger partial charge in [-0.05, 0) is 20.4 Å². The fourth-order valence-corrected chi connectivity index (χ4v) is 2.02. The lowest BCUT2D eigenvalue weighted by atomic mass is 9.64. The molecule has 1 aliphatic carbocycles. The third kappa shape index (κ3) is 2.69. The van der Waals surface area contributed by atoms with E-state index in [9.17, 15) is 4.79 Å². The zero-order chi connectivity index (χ0) is 11.5. The number of carbonyl (C=O) groups excluding carboxylic acids is 1. The van der Waals surface area contributed by atoms with Gasteiger partial charge < -0.3 is 15.4 Å². The summed E-state index contributed by atoms with van der Waals surface area (Å²) >= 11 is 0. The van der Waals surface area contributed by atoms with E-state index in [0.29, 0.717) is 6.54 Å². The normalized spacial score (nSPS) is 28.3. The molecule has 0 aromatic rings. The quantitative estimate of drug-likeness (QED) is 0.701. The van der Waals surface area contributed by atoms with Crippen LogP contribution in [-0.4, -0.2) is 38.3 Å². The Morgan fingerprint density at radius 2 is 2.20 bits per heavy atom. The van der Waals surface area contributed by atoms with Crippen LogP contribution in [0.15, 0.2) is 0 Å². The molecule has 0 heterocycles. The maximum Gasteiger partial charge on any atom is 0.234 e. The van der Waals surface area contributed by atoms with Gasteiger partial charge in [0.15, 0.2) is 0 Å². The average molecular weight is 214 g/mol. The largest absolute Gasteiger partial charge is 0.378 e. The highest BCUT2D eigenvalue weighted by Gasteiger charge is 2.49. The first-order valence-electron chi connectivity index (χ1n) is 5.58. The average Bonchev–Trinajstić information content (AvgIpc) is 2.17. The van der Waals surface area contributed by atoms with Crippen molar-refractivity contribution in [2.45, 2.75) is 39.3 Å². The van der Waals surface area contributed by atoms with E-state index in [1.165, 1.54) is 0 Å². The maximum absolute atomic E-state index is 11.4. The summed E-state index contributed by atoms with van der Waals surface area (Å²) in [4.78, 5) is 11.4. The summed E-state index contributed by atoms with van der Waals surface area (Å²) in [5.74, 6) is 0.0607. The number of nitrogens with one attached hydrogen (secondary N) is 2. The first kappa shape index (κ1) is 12.5. The van der Waals surface area contributed by atoms with Crippen LogP contribution in [0.1, 0.15) is 27.2 Å². The summed E-state index contributed by atoms with van der Waals surface area (Å²) in [6.07, 6.45) is 1.21. The standard InChI is InChI=1S/C11H22N2O2/c1-5-15-9-6-8(11(9,2)3)13-10(14)7-12-4/h8-9,12H,5-7H2,1-4H3,(H,13,14). The van der Waals surface area contributed by atoms with Gasteiger partial charge in [0.1, 0.15) is 0 Å². The predicted molar refractivity (Wildman–Crippen MR) is 59.7 cm³/mol. The Morgan fingerprint density at radius 3 is 2.67 bits per heavy atom. The molecule has 1 fully saturated rings. The molecule has 2 unspecified atom stereocenters. The highest BCUT2D eigenvalue weighted by atomic mass is 16.5. The minimum atomic E-state index is 0.0550. The molecule has 0 aliphatic heterocycles. The van der Waals surface area contributed by atoms with Gasteiger partial charge in [-0.1, -0.05) is 13.8 Å². The van der Waals surface area contributed by atoms with Gasteiger partial charge in [-0.15, -0.1) is 0 Å². The van der Waals surface area contributed by atoms with E-state index in [1.807, 2.05) is 6.92 Å². The van der Waals surface area contributed by atoms with Gasteiger partial charge in [-0.25, -0.2) is 0 Å². The van der Waals surface area contributed by atoms with E-state index in [0.717, 1.165) is 13.0 Å². The predicted octanol–water partition coefficient (Wildman–Crippen LogP) is 0.526. The highest BCUT2D eigenvalue weighted by Crippen LogP contribution is 2.42. The van der Waals surface area contributed by atoms with Crippen molar-refractivity contribution >= 4 is 5.91 Å². The summed E-state index contributed by atoms with van der Waals surface area (Å²) in [6, 6.07) is 0.245. The SMILES string of the molecule is CCOC1CC(NC(=O)CNC)C1(C)C. The van der Waals surface area contributed by atoms with Crippen molar-refractivity contribution < 1.29 is 9.53 Å². The molecule has 1 saturated carbocycles. The smallest absolute Gasteiger partial charge is 0.234 e. The second kappa shape index (κ2) is 4.94. The number of hydrogen-bond donors (Lipinski definition) is 2. The van der Waals surface area contributed by atoms with Crippen LogP contribution in [0, 0.1) is 5.41 Å². The lowest BCUT2D eigenvalue weighted by Gasteiger charge is -2.51. The molecular weight excluding hydrogens is 192 g/mol. The van der Waals surface area contributed by atoms with Crippen molar-refractivity contribution in [3.05, 3.63) is 0 Å². The minimum absolute atomic E-state index is 0.0550. The molecule has 0 aromatic heterocycles. The maximum atomic E-state index is 11.4. The molecule has 1 amide bonds. The number of amides is 1. The number of hydrogen-bond acceptors (Lipinski definition) is 3. The van der Waals surface area contributed by atoms with Crippen LogP contribution in [0.5, 0.6) is 0 Å². The van der Waals surface area contributed by atoms with Gasteiger partial charge in [0.2, 0.25) is 5.91 Å². The lowest BCUT2D eigenvalue weighted by molar-refractivity contribution is -0.135. The fourth-order valence-electron chi connectivity index (χ4n) is 2.02. The van der Waals surface area contributed by atoms with Gasteiger partial charge in [0.05, 0.1) is 12.6 Å². The zero-order valence-electron chi connectivity index (χ0n) is 10.1. The van der Waals surface area contributed by atoms with Gasteiger partial charge in [0, 0.05) is 18.1 Å². The molecule has 0 radical (unpaired) electrons. The highest BCUT2D eigenvalue weighted by molar-refractivity contribution is 5.78. The molecule has 2 N–H and O–H groups in total. The molecule has 0 bridgehead atoms. The Bertz CT molecular complexity index is 229. The summed E-state index contributed by atoms with van der Waals surface area (Å²) in [7, 11) is 1.77. The molecular formula is C11H22N2O2. The zero-order valence-corrected chi connectivity index (χ0v) is 10.1. The number of carbonyl (C=O) groups is 1. The molecule has 0 saturated heterocycles. The van der Waals surface area contributed by atoms with Crippen molar-refractivity contribution in [3.63, 3.8) is 0 Å². The summed E-state index contributed by atoms with van der Waals surface area (Å²) < 4.78 is 5.60. The van der Waals surface area contributed by atoms with Gasteiger partial charge >= 0.3 is 0 Å². The van der Waals surface area contributed by atoms with Crippen LogP contribution in [0.3, 0.4) is 0 Å². The second-order valence-electron chi connectivity index (χ2n) is 4.65. The molecule has 2 atom stereocenters. The third-order valence-corrected chi connectivity index (χ3v) is 3.22. The Balaban J connectivity index is 2.38. The summed E-state index contributed by atoms with van der Waals surface area (Å²) in [5.41, 5.74) is 0.0550. The van der Waals surface area contributed by atoms with Gasteiger partial charge in [0.25, 0.3) is 0 Å². The second-order valence-corrected chi connectivity index (χ2v) is 4.65. The Kier molecular flexibility index (Phi) is 4.11. The lowest BCUT2D eigenvalue weighted by Crippen LogP contribution is -2.62. The van der Waals surface area contributed by atoms with E-state index in [1.54, 1.807) is 7.05 Å². The van der Waals surface area contributed by atoms with Crippen LogP contribution >= 0.6 is 0 Å². The molecule has 88 valence electrons. The van der Waals surface area contributed by atoms with Crippen molar-refractivity contribution in [1.29, 1.82) is 0 Å². The summed E-state index contributed by atoms with van der Waals surface area (Å²) in [5, 5.41) is 5.86. The fraction of sp³-hybridized carbons (Fsp3) is 0.909. The van der Waals surface area contributed by atoms with Crippen LogP contribution in [0.2, 0.25) is 0 Å². The van der Waals surface area contributed by atoms with Gasteiger partial charge in [-0.2, -0.15) is 0 Å². The van der Waals surface area contributed by atoms with Crippen molar-refractivity contribution in [2.24, 2.45) is 5.41 Å². The van der Waals surface area contributed by atoms with E-state index in [-0.39, 0.29) is 23.5 Å². The summed E-state index contributed by atoms with van der Waals surface area (Å²) in [6.45, 7) is 7.41. The number of rotatable bonds is 5. The molecule has 15 heavy (non-hydrogen) atoms. The molecule has 4 heteroatoms.